The number of hydrogen-bond donors (Lipinski definition) is 4. The first-order valence-corrected chi connectivity index (χ1v) is 15.8. The molecule has 1 aliphatic rings. The summed E-state index contributed by atoms with van der Waals surface area (Å²) in [6.45, 7) is 2.75. The minimum absolute atomic E-state index is 0. The average molecular weight is 651 g/mol. The fraction of sp³-hybridized carbons (Fsp3) is 0.361. The van der Waals surface area contributed by atoms with E-state index in [9.17, 15) is 24.0 Å². The molecule has 3 aromatic rings. The summed E-state index contributed by atoms with van der Waals surface area (Å²) < 4.78 is 10.7. The lowest BCUT2D eigenvalue weighted by atomic mass is 9.91. The van der Waals surface area contributed by atoms with Gasteiger partial charge in [0.05, 0.1) is 0 Å². The number of amides is 4. The van der Waals surface area contributed by atoms with Crippen LogP contribution in [0.1, 0.15) is 48.6 Å². The second-order valence-corrected chi connectivity index (χ2v) is 11.6. The predicted molar refractivity (Wildman–Crippen MR) is 183 cm³/mol. The summed E-state index contributed by atoms with van der Waals surface area (Å²) in [6.07, 6.45) is 0.990. The minimum atomic E-state index is -1.18. The fourth-order valence-electron chi connectivity index (χ4n) is 5.21. The first-order chi connectivity index (χ1) is 22.8. The summed E-state index contributed by atoms with van der Waals surface area (Å²) in [5, 5.41) is 10.6. The number of benzene rings is 3. The fourth-order valence-corrected chi connectivity index (χ4v) is 5.21. The van der Waals surface area contributed by atoms with E-state index in [0.717, 1.165) is 16.7 Å². The molecule has 1 saturated heterocycles. The van der Waals surface area contributed by atoms with E-state index in [4.69, 9.17) is 9.47 Å². The Labute approximate surface area is 280 Å². The molecule has 1 fully saturated rings. The summed E-state index contributed by atoms with van der Waals surface area (Å²) in [5.41, 5.74) is 2.36. The van der Waals surface area contributed by atoms with Crippen LogP contribution in [0, 0.1) is 5.92 Å². The lowest BCUT2D eigenvalue weighted by Gasteiger charge is -2.29. The minimum Gasteiger partial charge on any atom is -0.445 e. The second kappa shape index (κ2) is 18.2. The van der Waals surface area contributed by atoms with Gasteiger partial charge in [0, 0.05) is 31.9 Å². The van der Waals surface area contributed by atoms with Gasteiger partial charge in [-0.3, -0.25) is 19.2 Å². The van der Waals surface area contributed by atoms with E-state index < -0.39 is 47.7 Å². The predicted octanol–water partition coefficient (Wildman–Crippen LogP) is 4.20. The van der Waals surface area contributed by atoms with Gasteiger partial charge in [0.1, 0.15) is 24.7 Å². The second-order valence-electron chi connectivity index (χ2n) is 11.6. The molecule has 3 atom stereocenters. The molecule has 0 aliphatic carbocycles. The summed E-state index contributed by atoms with van der Waals surface area (Å²) in [6, 6.07) is 24.1. The topological polar surface area (TPSA) is 152 Å². The molecule has 0 aromatic heterocycles. The Bertz CT molecular complexity index is 1480. The zero-order valence-electron chi connectivity index (χ0n) is 26.5. The normalized spacial score (nSPS) is 14.9. The van der Waals surface area contributed by atoms with Gasteiger partial charge in [-0.1, -0.05) is 91.0 Å². The van der Waals surface area contributed by atoms with Crippen LogP contribution in [0.5, 0.6) is 0 Å². The van der Waals surface area contributed by atoms with Crippen LogP contribution in [-0.2, 0) is 48.2 Å². The Morgan fingerprint density at radius 2 is 1.30 bits per heavy atom. The number of ketones is 1. The lowest BCUT2D eigenvalue weighted by molar-refractivity contribution is -0.140. The highest BCUT2D eigenvalue weighted by Crippen LogP contribution is 2.21. The summed E-state index contributed by atoms with van der Waals surface area (Å²) in [4.78, 5) is 65.9. The van der Waals surface area contributed by atoms with Crippen molar-refractivity contribution in [1.29, 1.82) is 0 Å². The lowest BCUT2D eigenvalue weighted by Crippen LogP contribution is -2.57. The van der Waals surface area contributed by atoms with Gasteiger partial charge in [-0.05, 0) is 48.8 Å². The van der Waals surface area contributed by atoms with Crippen LogP contribution in [0.15, 0.2) is 91.0 Å². The van der Waals surface area contributed by atoms with Crippen molar-refractivity contribution in [2.45, 2.75) is 63.9 Å². The molecule has 0 saturated carbocycles. The van der Waals surface area contributed by atoms with E-state index in [1.807, 2.05) is 78.9 Å². The highest BCUT2D eigenvalue weighted by atomic mass is 16.5. The van der Waals surface area contributed by atoms with Gasteiger partial charge < -0.3 is 30.7 Å². The van der Waals surface area contributed by atoms with Gasteiger partial charge in [-0.25, -0.2) is 4.79 Å². The molecule has 47 heavy (non-hydrogen) atoms. The highest BCUT2D eigenvalue weighted by molar-refractivity contribution is 6.38. The number of Topliss-reactive ketones (excluding diaryl/α,β-unsaturated/α-hetero) is 1. The Morgan fingerprint density at radius 3 is 1.91 bits per heavy atom. The highest BCUT2D eigenvalue weighted by Gasteiger charge is 2.33. The third kappa shape index (κ3) is 11.7. The van der Waals surface area contributed by atoms with Gasteiger partial charge >= 0.3 is 6.09 Å². The molecule has 1 unspecified atom stereocenters. The number of hydrogen-bond acceptors (Lipinski definition) is 7. The summed E-state index contributed by atoms with van der Waals surface area (Å²) in [7, 11) is 0. The van der Waals surface area contributed by atoms with Crippen LogP contribution in [-0.4, -0.2) is 60.9 Å². The van der Waals surface area contributed by atoms with Crippen LogP contribution in [0.4, 0.5) is 4.79 Å². The smallest absolute Gasteiger partial charge is 0.408 e. The van der Waals surface area contributed by atoms with E-state index in [-0.39, 0.29) is 31.2 Å². The van der Waals surface area contributed by atoms with Crippen molar-refractivity contribution in [2.24, 2.45) is 5.92 Å². The van der Waals surface area contributed by atoms with E-state index in [2.05, 4.69) is 21.3 Å². The summed E-state index contributed by atoms with van der Waals surface area (Å²) in [5.74, 6) is -2.75. The Kier molecular flexibility index (Phi) is 13.5. The maximum atomic E-state index is 13.8. The largest absolute Gasteiger partial charge is 0.445 e. The molecule has 4 N–H and O–H groups in total. The van der Waals surface area contributed by atoms with Gasteiger partial charge in [0.2, 0.25) is 17.6 Å². The molecule has 1 aliphatic heterocycles. The monoisotopic (exact) mass is 650 g/mol. The molecular weight excluding hydrogens is 600 g/mol. The molecule has 0 spiro atoms. The van der Waals surface area contributed by atoms with E-state index in [1.54, 1.807) is 12.1 Å². The number of nitrogens with one attached hydrogen (secondary N) is 4. The summed E-state index contributed by atoms with van der Waals surface area (Å²) >= 11 is 0. The SMILES string of the molecule is C[C@H](NC(=O)OCc1ccccc1)C(=O)NC(CC1CCOCC1)C(=O)N[C@@H](Cc1ccccc1)C(=O)C(=O)NCc1ccccc1.[HH].[HH].[HH].[HH]. The third-order valence-electron chi connectivity index (χ3n) is 7.92. The number of rotatable bonds is 15. The van der Waals surface area contributed by atoms with E-state index >= 15 is 0 Å². The molecule has 0 bridgehead atoms. The van der Waals surface area contributed by atoms with Crippen LogP contribution < -0.4 is 21.3 Å². The van der Waals surface area contributed by atoms with Gasteiger partial charge in [0.15, 0.2) is 0 Å². The van der Waals surface area contributed by atoms with Crippen molar-refractivity contribution in [3.05, 3.63) is 108 Å². The van der Waals surface area contributed by atoms with Crippen molar-refractivity contribution in [1.82, 2.24) is 21.3 Å². The molecule has 256 valence electrons. The molecule has 11 nitrogen and oxygen atoms in total. The van der Waals surface area contributed by atoms with Crippen molar-refractivity contribution < 1.29 is 39.2 Å². The quantitative estimate of drug-likeness (QED) is 0.180. The molecule has 11 heteroatoms. The zero-order valence-corrected chi connectivity index (χ0v) is 26.5. The number of ether oxygens (including phenoxy) is 2. The maximum absolute atomic E-state index is 13.8. The first kappa shape index (κ1) is 34.8. The Morgan fingerprint density at radius 1 is 0.745 bits per heavy atom. The molecule has 4 amide bonds. The first-order valence-electron chi connectivity index (χ1n) is 15.8. The molecule has 1 heterocycles. The van der Waals surface area contributed by atoms with Crippen molar-refractivity contribution >= 4 is 29.6 Å². The van der Waals surface area contributed by atoms with Crippen LogP contribution in [0.2, 0.25) is 0 Å². The molecule has 3 aromatic carbocycles. The molecule has 0 radical (unpaired) electrons. The molecular formula is C36H50N4O7. The number of carbonyl (C=O) groups is 5. The number of carbonyl (C=O) groups excluding carboxylic acids is 5. The van der Waals surface area contributed by atoms with Crippen LogP contribution in [0.25, 0.3) is 0 Å². The zero-order chi connectivity index (χ0) is 33.4. The Hall–Kier alpha value is -5.03. The van der Waals surface area contributed by atoms with Gasteiger partial charge in [-0.2, -0.15) is 0 Å². The van der Waals surface area contributed by atoms with Crippen LogP contribution >= 0.6 is 0 Å². The maximum Gasteiger partial charge on any atom is 0.408 e. The number of alkyl carbamates (subject to hydrolysis) is 1. The van der Waals surface area contributed by atoms with E-state index in [0.29, 0.717) is 32.5 Å². The van der Waals surface area contributed by atoms with Crippen LogP contribution in [0.3, 0.4) is 0 Å². The Balaban J connectivity index is 0.00000625. The van der Waals surface area contributed by atoms with Crippen molar-refractivity contribution in [3.8, 4) is 0 Å². The average Bonchev–Trinajstić information content (AvgIpc) is 3.10. The van der Waals surface area contributed by atoms with Gasteiger partial charge in [0.25, 0.3) is 5.91 Å². The van der Waals surface area contributed by atoms with Crippen molar-refractivity contribution in [3.63, 3.8) is 0 Å². The van der Waals surface area contributed by atoms with E-state index in [1.165, 1.54) is 6.92 Å². The third-order valence-corrected chi connectivity index (χ3v) is 7.92. The van der Waals surface area contributed by atoms with Gasteiger partial charge in [-0.15, -0.1) is 0 Å². The van der Waals surface area contributed by atoms with Crippen molar-refractivity contribution in [2.75, 3.05) is 13.2 Å². The molecule has 4 rings (SSSR count). The standard InChI is InChI=1S/C36H42N4O7.4H2/c1-25(38-36(45)47-24-29-15-9-4-10-16-29)33(42)40-31(22-27-17-19-46-20-18-27)34(43)39-30(21-26-11-5-2-6-12-26)32(41)35(44)37-23-28-13-7-3-8-14-28;;;;/h2-16,25,27,30-31H,17-24H2,1H3,(H,37,44)(H,38,45)(H,39,43)(H,40,42);4*1H/t25-,30-,31?;;;;/m0..../s1.